The van der Waals surface area contributed by atoms with Gasteiger partial charge in [0.1, 0.15) is 11.4 Å². The Hall–Kier alpha value is -1.63. The molecule has 2 aromatic heterocycles. The Morgan fingerprint density at radius 1 is 1.67 bits per heavy atom. The van der Waals surface area contributed by atoms with E-state index in [0.29, 0.717) is 10.1 Å². The molecule has 0 saturated carbocycles. The summed E-state index contributed by atoms with van der Waals surface area (Å²) >= 11 is 3.30. The van der Waals surface area contributed by atoms with Gasteiger partial charge in [-0.05, 0) is 22.9 Å². The number of anilines is 1. The summed E-state index contributed by atoms with van der Waals surface area (Å²) < 4.78 is 2.10. The van der Waals surface area contributed by atoms with Gasteiger partial charge in [-0.25, -0.2) is 14.3 Å². The number of aryl methyl sites for hydroxylation is 1. The summed E-state index contributed by atoms with van der Waals surface area (Å²) in [7, 11) is 0. The van der Waals surface area contributed by atoms with Crippen molar-refractivity contribution >= 4 is 33.4 Å². The first-order valence-electron chi connectivity index (χ1n) is 4.05. The molecule has 2 aromatic rings. The monoisotopic (exact) mass is 270 g/mol. The molecule has 3 N–H and O–H groups in total. The highest BCUT2D eigenvalue weighted by Gasteiger charge is 2.14. The highest BCUT2D eigenvalue weighted by molar-refractivity contribution is 9.10. The predicted molar refractivity (Wildman–Crippen MR) is 56.8 cm³/mol. The van der Waals surface area contributed by atoms with E-state index >= 15 is 0 Å². The van der Waals surface area contributed by atoms with Crippen LogP contribution < -0.4 is 5.73 Å². The number of carbonyl (C=O) groups is 1. The number of nitrogen functional groups attached to an aromatic ring is 1. The van der Waals surface area contributed by atoms with Crippen molar-refractivity contribution in [3.63, 3.8) is 0 Å². The average Bonchev–Trinajstić information content (AvgIpc) is 2.43. The Kier molecular flexibility index (Phi) is 2.11. The first kappa shape index (κ1) is 9.91. The highest BCUT2D eigenvalue weighted by atomic mass is 79.9. The third-order valence-electron chi connectivity index (χ3n) is 1.97. The Morgan fingerprint density at radius 3 is 2.93 bits per heavy atom. The number of fused-ring (bicyclic) bond motifs is 1. The van der Waals surface area contributed by atoms with E-state index in [9.17, 15) is 4.79 Å². The number of carboxylic acids is 1. The lowest BCUT2D eigenvalue weighted by Gasteiger charge is -2.00. The van der Waals surface area contributed by atoms with Crippen LogP contribution in [0.3, 0.4) is 0 Å². The first-order chi connectivity index (χ1) is 7.00. The van der Waals surface area contributed by atoms with E-state index in [2.05, 4.69) is 26.0 Å². The largest absolute Gasteiger partial charge is 0.477 e. The molecule has 0 fully saturated rings. The molecule has 0 amide bonds. The van der Waals surface area contributed by atoms with Crippen LogP contribution in [0.5, 0.6) is 0 Å². The molecule has 0 aromatic carbocycles. The van der Waals surface area contributed by atoms with E-state index < -0.39 is 5.97 Å². The second-order valence-electron chi connectivity index (χ2n) is 3.01. The van der Waals surface area contributed by atoms with Gasteiger partial charge in [-0.2, -0.15) is 5.10 Å². The van der Waals surface area contributed by atoms with Crippen molar-refractivity contribution in [1.82, 2.24) is 14.6 Å². The molecule has 0 aliphatic rings. The van der Waals surface area contributed by atoms with Crippen molar-refractivity contribution in [1.29, 1.82) is 0 Å². The summed E-state index contributed by atoms with van der Waals surface area (Å²) in [6.07, 6.45) is 1.34. The maximum absolute atomic E-state index is 10.8. The minimum absolute atomic E-state index is 0.0180. The van der Waals surface area contributed by atoms with E-state index in [4.69, 9.17) is 10.8 Å². The van der Waals surface area contributed by atoms with Crippen LogP contribution in [0.15, 0.2) is 10.7 Å². The lowest BCUT2D eigenvalue weighted by atomic mass is 10.3. The van der Waals surface area contributed by atoms with Gasteiger partial charge in [0.15, 0.2) is 5.65 Å². The van der Waals surface area contributed by atoms with Gasteiger partial charge in [0.2, 0.25) is 0 Å². The Bertz CT molecular complexity index is 563. The number of nitrogens with two attached hydrogens (primary N) is 1. The number of aromatic carboxylic acids is 1. The number of aromatic nitrogens is 3. The molecule has 15 heavy (non-hydrogen) atoms. The lowest BCUT2D eigenvalue weighted by molar-refractivity contribution is 0.0697. The zero-order chi connectivity index (χ0) is 11.2. The van der Waals surface area contributed by atoms with Gasteiger partial charge in [0.25, 0.3) is 0 Å². The number of hydrogen-bond acceptors (Lipinski definition) is 4. The van der Waals surface area contributed by atoms with Crippen LogP contribution in [0.1, 0.15) is 16.1 Å². The molecule has 0 bridgehead atoms. The molecule has 7 heteroatoms. The number of nitrogens with zero attached hydrogens (tertiary/aromatic N) is 3. The van der Waals surface area contributed by atoms with Crippen LogP contribution in [-0.4, -0.2) is 25.7 Å². The third kappa shape index (κ3) is 1.44. The van der Waals surface area contributed by atoms with E-state index in [1.165, 1.54) is 10.7 Å². The number of rotatable bonds is 1. The topological polar surface area (TPSA) is 93.5 Å². The first-order valence-corrected chi connectivity index (χ1v) is 4.84. The summed E-state index contributed by atoms with van der Waals surface area (Å²) in [5.74, 6) is -1.14. The Labute approximate surface area is 92.9 Å². The smallest absolute Gasteiger partial charge is 0.341 e. The van der Waals surface area contributed by atoms with Crippen LogP contribution in [0.25, 0.3) is 5.65 Å². The summed E-state index contributed by atoms with van der Waals surface area (Å²) in [5, 5.41) is 12.9. The van der Waals surface area contributed by atoms with Gasteiger partial charge in [-0.15, -0.1) is 0 Å². The van der Waals surface area contributed by atoms with Gasteiger partial charge in [-0.3, -0.25) is 0 Å². The summed E-state index contributed by atoms with van der Waals surface area (Å²) in [6, 6.07) is 0. The second-order valence-corrected chi connectivity index (χ2v) is 3.81. The SMILES string of the molecule is Cc1nn2cc(C(=O)O)c(N)nc2c1Br. The van der Waals surface area contributed by atoms with E-state index in [1.54, 1.807) is 6.92 Å². The Balaban J connectivity index is 2.82. The molecule has 0 aliphatic heterocycles. The van der Waals surface area contributed by atoms with Crippen molar-refractivity contribution in [3.8, 4) is 0 Å². The summed E-state index contributed by atoms with van der Waals surface area (Å²) in [5.41, 5.74) is 6.69. The van der Waals surface area contributed by atoms with E-state index in [0.717, 1.165) is 5.69 Å². The Morgan fingerprint density at radius 2 is 2.33 bits per heavy atom. The van der Waals surface area contributed by atoms with E-state index in [-0.39, 0.29) is 11.4 Å². The summed E-state index contributed by atoms with van der Waals surface area (Å²) in [4.78, 5) is 14.8. The molecule has 6 nitrogen and oxygen atoms in total. The minimum atomic E-state index is -1.12. The summed E-state index contributed by atoms with van der Waals surface area (Å²) in [6.45, 7) is 1.79. The van der Waals surface area contributed by atoms with Crippen molar-refractivity contribution < 1.29 is 9.90 Å². The average molecular weight is 271 g/mol. The van der Waals surface area contributed by atoms with Crippen LogP contribution >= 0.6 is 15.9 Å². The van der Waals surface area contributed by atoms with Crippen LogP contribution in [-0.2, 0) is 0 Å². The van der Waals surface area contributed by atoms with Crippen molar-refractivity contribution in [2.24, 2.45) is 0 Å². The molecular formula is C8H7BrN4O2. The standard InChI is InChI=1S/C8H7BrN4O2/c1-3-5(9)7-11-6(10)4(8(14)15)2-13(7)12-3/h2H,1H3,(H2,10,11)(H,14,15). The van der Waals surface area contributed by atoms with Crippen molar-refractivity contribution in [2.75, 3.05) is 5.73 Å². The van der Waals surface area contributed by atoms with Crippen LogP contribution in [0.2, 0.25) is 0 Å². The van der Waals surface area contributed by atoms with Gasteiger partial charge in [0.05, 0.1) is 10.2 Å². The van der Waals surface area contributed by atoms with E-state index in [1.807, 2.05) is 0 Å². The molecule has 0 aliphatic carbocycles. The molecule has 2 rings (SSSR count). The molecule has 0 unspecified atom stereocenters. The fourth-order valence-corrected chi connectivity index (χ4v) is 1.58. The van der Waals surface area contributed by atoms with Gasteiger partial charge in [-0.1, -0.05) is 0 Å². The molecule has 78 valence electrons. The fourth-order valence-electron chi connectivity index (χ4n) is 1.23. The molecular weight excluding hydrogens is 264 g/mol. The maximum Gasteiger partial charge on any atom is 0.341 e. The van der Waals surface area contributed by atoms with Gasteiger partial charge >= 0.3 is 5.97 Å². The molecule has 0 atom stereocenters. The zero-order valence-electron chi connectivity index (χ0n) is 7.73. The second kappa shape index (κ2) is 3.20. The minimum Gasteiger partial charge on any atom is -0.477 e. The third-order valence-corrected chi connectivity index (χ3v) is 2.90. The number of hydrogen-bond donors (Lipinski definition) is 2. The van der Waals surface area contributed by atoms with Crippen molar-refractivity contribution in [2.45, 2.75) is 6.92 Å². The quantitative estimate of drug-likeness (QED) is 0.809. The van der Waals surface area contributed by atoms with Crippen LogP contribution in [0, 0.1) is 6.92 Å². The number of halogens is 1. The molecule has 0 spiro atoms. The normalized spacial score (nSPS) is 10.8. The zero-order valence-corrected chi connectivity index (χ0v) is 9.32. The number of carboxylic acid groups (broad SMARTS) is 1. The molecule has 2 heterocycles. The fraction of sp³-hybridized carbons (Fsp3) is 0.125. The lowest BCUT2D eigenvalue weighted by Crippen LogP contribution is -2.07. The maximum atomic E-state index is 10.8. The van der Waals surface area contributed by atoms with Gasteiger partial charge < -0.3 is 10.8 Å². The molecule has 0 saturated heterocycles. The van der Waals surface area contributed by atoms with Crippen LogP contribution in [0.4, 0.5) is 5.82 Å². The highest BCUT2D eigenvalue weighted by Crippen LogP contribution is 2.22. The van der Waals surface area contributed by atoms with Gasteiger partial charge in [0, 0.05) is 6.20 Å². The predicted octanol–water partition coefficient (Wildman–Crippen LogP) is 1.08. The molecule has 0 radical (unpaired) electrons. The van der Waals surface area contributed by atoms with Crippen molar-refractivity contribution in [3.05, 3.63) is 21.9 Å².